The van der Waals surface area contributed by atoms with E-state index in [2.05, 4.69) is 37.7 Å². The first kappa shape index (κ1) is 18.0. The molecule has 0 saturated carbocycles. The van der Waals surface area contributed by atoms with E-state index in [4.69, 9.17) is 0 Å². The van der Waals surface area contributed by atoms with Gasteiger partial charge in [-0.2, -0.15) is 0 Å². The molecule has 0 aliphatic carbocycles. The number of hydrogen-bond donors (Lipinski definition) is 2. The highest BCUT2D eigenvalue weighted by molar-refractivity contribution is 7.09. The third-order valence-electron chi connectivity index (χ3n) is 4.92. The number of piperazine rings is 1. The van der Waals surface area contributed by atoms with Gasteiger partial charge in [0.1, 0.15) is 5.82 Å². The molecule has 27 heavy (non-hydrogen) atoms. The summed E-state index contributed by atoms with van der Waals surface area (Å²) in [6.07, 6.45) is 1.72. The predicted octanol–water partition coefficient (Wildman–Crippen LogP) is 3.08. The molecule has 0 radical (unpaired) electrons. The molecule has 1 fully saturated rings. The Bertz CT molecular complexity index is 835. The number of hydrogen-bond acceptors (Lipinski definition) is 4. The van der Waals surface area contributed by atoms with Crippen LogP contribution in [0, 0.1) is 0 Å². The topological polar surface area (TPSA) is 64.3 Å². The van der Waals surface area contributed by atoms with Crippen LogP contribution in [0.5, 0.6) is 0 Å². The molecule has 3 aromatic rings. The van der Waals surface area contributed by atoms with Crippen molar-refractivity contribution in [1.82, 2.24) is 25.1 Å². The van der Waals surface area contributed by atoms with Crippen molar-refractivity contribution in [1.29, 1.82) is 0 Å². The van der Waals surface area contributed by atoms with Crippen molar-refractivity contribution in [2.75, 3.05) is 32.7 Å². The van der Waals surface area contributed by atoms with E-state index in [0.717, 1.165) is 62.4 Å². The van der Waals surface area contributed by atoms with Crippen LogP contribution in [0.4, 0.5) is 4.79 Å². The number of fused-ring (bicyclic) bond motifs is 1. The number of carbonyl (C=O) groups excluding carboxylic acids is 1. The first-order chi connectivity index (χ1) is 13.3. The first-order valence-corrected chi connectivity index (χ1v) is 10.4. The highest BCUT2D eigenvalue weighted by Gasteiger charge is 2.20. The normalized spacial score (nSPS) is 15.3. The van der Waals surface area contributed by atoms with Crippen LogP contribution < -0.4 is 5.32 Å². The van der Waals surface area contributed by atoms with E-state index in [0.29, 0.717) is 6.54 Å². The molecule has 2 N–H and O–H groups in total. The number of para-hydroxylation sites is 2. The van der Waals surface area contributed by atoms with Crippen molar-refractivity contribution >= 4 is 28.4 Å². The van der Waals surface area contributed by atoms with E-state index >= 15 is 0 Å². The number of imidazole rings is 1. The summed E-state index contributed by atoms with van der Waals surface area (Å²) in [7, 11) is 0. The molecule has 6 nitrogen and oxygen atoms in total. The summed E-state index contributed by atoms with van der Waals surface area (Å²) in [6, 6.07) is 12.4. The molecule has 1 aliphatic heterocycles. The maximum Gasteiger partial charge on any atom is 0.317 e. The van der Waals surface area contributed by atoms with Gasteiger partial charge in [-0.1, -0.05) is 18.2 Å². The maximum absolute atomic E-state index is 12.3. The molecular weight excluding hydrogens is 358 g/mol. The van der Waals surface area contributed by atoms with Crippen molar-refractivity contribution < 1.29 is 4.79 Å². The van der Waals surface area contributed by atoms with E-state index in [1.54, 1.807) is 11.3 Å². The Morgan fingerprint density at radius 1 is 1.15 bits per heavy atom. The van der Waals surface area contributed by atoms with Crippen LogP contribution in [0.1, 0.15) is 17.1 Å². The number of carbonyl (C=O) groups is 1. The maximum atomic E-state index is 12.3. The van der Waals surface area contributed by atoms with Crippen molar-refractivity contribution in [2.24, 2.45) is 0 Å². The third kappa shape index (κ3) is 4.67. The molecule has 1 aromatic carbocycles. The van der Waals surface area contributed by atoms with Crippen LogP contribution in [-0.4, -0.2) is 58.5 Å². The zero-order valence-corrected chi connectivity index (χ0v) is 16.2. The Labute approximate surface area is 163 Å². The molecule has 3 heterocycles. The van der Waals surface area contributed by atoms with Crippen LogP contribution in [-0.2, 0) is 13.0 Å². The number of rotatable bonds is 6. The lowest BCUT2D eigenvalue weighted by Gasteiger charge is -2.34. The van der Waals surface area contributed by atoms with Gasteiger partial charge >= 0.3 is 6.03 Å². The average Bonchev–Trinajstić information content (AvgIpc) is 3.34. The lowest BCUT2D eigenvalue weighted by atomic mass is 10.3. The predicted molar refractivity (Wildman–Crippen MR) is 109 cm³/mol. The monoisotopic (exact) mass is 383 g/mol. The quantitative estimate of drug-likeness (QED) is 0.643. The number of H-pyrrole nitrogens is 1. The van der Waals surface area contributed by atoms with Crippen molar-refractivity contribution in [2.45, 2.75) is 19.4 Å². The van der Waals surface area contributed by atoms with Crippen LogP contribution in [0.2, 0.25) is 0 Å². The van der Waals surface area contributed by atoms with Gasteiger partial charge in [-0.05, 0) is 30.0 Å². The second-order valence-electron chi connectivity index (χ2n) is 6.88. The third-order valence-corrected chi connectivity index (χ3v) is 5.79. The smallest absolute Gasteiger partial charge is 0.317 e. The highest BCUT2D eigenvalue weighted by atomic mass is 32.1. The summed E-state index contributed by atoms with van der Waals surface area (Å²) in [5.74, 6) is 0.979. The van der Waals surface area contributed by atoms with E-state index in [1.807, 2.05) is 29.2 Å². The molecule has 2 aromatic heterocycles. The molecule has 0 bridgehead atoms. The summed E-state index contributed by atoms with van der Waals surface area (Å²) in [5, 5.41) is 5.16. The molecule has 4 rings (SSSR count). The Hall–Kier alpha value is -2.38. The number of benzene rings is 1. The Morgan fingerprint density at radius 3 is 2.78 bits per heavy atom. The van der Waals surface area contributed by atoms with Crippen LogP contribution in [0.3, 0.4) is 0 Å². The molecular formula is C20H25N5OS. The van der Waals surface area contributed by atoms with E-state index < -0.39 is 0 Å². The molecule has 0 atom stereocenters. The van der Waals surface area contributed by atoms with E-state index in [-0.39, 0.29) is 6.03 Å². The van der Waals surface area contributed by atoms with Gasteiger partial charge < -0.3 is 15.2 Å². The zero-order chi connectivity index (χ0) is 18.5. The molecule has 0 spiro atoms. The van der Waals surface area contributed by atoms with E-state index in [1.165, 1.54) is 4.88 Å². The lowest BCUT2D eigenvalue weighted by Crippen LogP contribution is -2.51. The first-order valence-electron chi connectivity index (χ1n) is 9.49. The minimum Gasteiger partial charge on any atom is -0.342 e. The van der Waals surface area contributed by atoms with Gasteiger partial charge in [-0.3, -0.25) is 4.90 Å². The van der Waals surface area contributed by atoms with Gasteiger partial charge in [-0.25, -0.2) is 9.78 Å². The Balaban J connectivity index is 1.15. The zero-order valence-electron chi connectivity index (χ0n) is 15.4. The highest BCUT2D eigenvalue weighted by Crippen LogP contribution is 2.14. The van der Waals surface area contributed by atoms with Crippen LogP contribution in [0.15, 0.2) is 41.8 Å². The van der Waals surface area contributed by atoms with Gasteiger partial charge in [0.2, 0.25) is 0 Å². The molecule has 1 aliphatic rings. The summed E-state index contributed by atoms with van der Waals surface area (Å²) in [4.78, 5) is 26.0. The van der Waals surface area contributed by atoms with Crippen molar-refractivity contribution in [3.05, 3.63) is 52.5 Å². The standard InChI is InChI=1S/C20H25N5OS/c26-20(25-12-10-24(11-13-25)15-16-5-4-14-27-16)21-9-3-8-19-22-17-6-1-2-7-18(17)23-19/h1-2,4-7,14H,3,8-13,15H2,(H,21,26)(H,22,23). The minimum absolute atomic E-state index is 0.0513. The SMILES string of the molecule is O=C(NCCCc1nc2ccccc2[nH]1)N1CCN(Cc2cccs2)CC1. The number of aromatic nitrogens is 2. The number of aryl methyl sites for hydroxylation is 1. The fourth-order valence-electron chi connectivity index (χ4n) is 3.42. The van der Waals surface area contributed by atoms with Crippen molar-refractivity contribution in [3.8, 4) is 0 Å². The second kappa shape index (κ2) is 8.54. The fraction of sp³-hybridized carbons (Fsp3) is 0.400. The Morgan fingerprint density at radius 2 is 2.00 bits per heavy atom. The van der Waals surface area contributed by atoms with Crippen molar-refractivity contribution in [3.63, 3.8) is 0 Å². The van der Waals surface area contributed by atoms with Gasteiger partial charge in [0, 0.05) is 50.6 Å². The summed E-state index contributed by atoms with van der Waals surface area (Å²) in [6.45, 7) is 5.12. The van der Waals surface area contributed by atoms with Crippen LogP contribution in [0.25, 0.3) is 11.0 Å². The summed E-state index contributed by atoms with van der Waals surface area (Å²) in [5.41, 5.74) is 2.06. The molecule has 0 unspecified atom stereocenters. The average molecular weight is 384 g/mol. The number of aromatic amines is 1. The molecule has 7 heteroatoms. The fourth-order valence-corrected chi connectivity index (χ4v) is 4.17. The second-order valence-corrected chi connectivity index (χ2v) is 7.91. The van der Waals surface area contributed by atoms with Crippen LogP contribution >= 0.6 is 11.3 Å². The number of nitrogens with zero attached hydrogens (tertiary/aromatic N) is 3. The molecule has 1 saturated heterocycles. The number of thiophene rings is 1. The summed E-state index contributed by atoms with van der Waals surface area (Å²) < 4.78 is 0. The van der Waals surface area contributed by atoms with E-state index in [9.17, 15) is 4.79 Å². The number of nitrogens with one attached hydrogen (secondary N) is 2. The van der Waals surface area contributed by atoms with Gasteiger partial charge in [0.05, 0.1) is 11.0 Å². The lowest BCUT2D eigenvalue weighted by molar-refractivity contribution is 0.136. The summed E-state index contributed by atoms with van der Waals surface area (Å²) >= 11 is 1.79. The van der Waals surface area contributed by atoms with Gasteiger partial charge in [0.15, 0.2) is 0 Å². The molecule has 2 amide bonds. The largest absolute Gasteiger partial charge is 0.342 e. The minimum atomic E-state index is 0.0513. The van der Waals surface area contributed by atoms with Gasteiger partial charge in [-0.15, -0.1) is 11.3 Å². The Kier molecular flexibility index (Phi) is 5.69. The molecule has 142 valence electrons. The van der Waals surface area contributed by atoms with Gasteiger partial charge in [0.25, 0.3) is 0 Å². The number of amides is 2. The number of urea groups is 1.